The summed E-state index contributed by atoms with van der Waals surface area (Å²) < 4.78 is 3.16. The quantitative estimate of drug-likeness (QED) is 0.784. The number of aryl methyl sites for hydroxylation is 1. The summed E-state index contributed by atoms with van der Waals surface area (Å²) in [5, 5.41) is 13.5. The second-order valence-electron chi connectivity index (χ2n) is 4.36. The Morgan fingerprint density at radius 1 is 1.39 bits per heavy atom. The highest BCUT2D eigenvalue weighted by molar-refractivity contribution is 7.17. The summed E-state index contributed by atoms with van der Waals surface area (Å²) in [5.74, 6) is 0.901. The third kappa shape index (κ3) is 1.94. The first kappa shape index (κ1) is 11.4. The van der Waals surface area contributed by atoms with Crippen LogP contribution in [0.2, 0.25) is 0 Å². The van der Waals surface area contributed by atoms with Crippen molar-refractivity contribution in [2.75, 3.05) is 0 Å². The lowest BCUT2D eigenvalue weighted by molar-refractivity contribution is 0.177. The molecule has 0 aliphatic carbocycles. The van der Waals surface area contributed by atoms with E-state index in [9.17, 15) is 5.11 Å². The van der Waals surface area contributed by atoms with Gasteiger partial charge in [0, 0.05) is 30.6 Å². The minimum Gasteiger partial charge on any atom is -0.388 e. The fourth-order valence-electron chi connectivity index (χ4n) is 2.13. The zero-order valence-corrected chi connectivity index (χ0v) is 10.9. The predicted octanol–water partition coefficient (Wildman–Crippen LogP) is 2.91. The van der Waals surface area contributed by atoms with E-state index in [1.54, 1.807) is 17.5 Å². The molecule has 2 heterocycles. The topological polar surface area (TPSA) is 38.0 Å². The van der Waals surface area contributed by atoms with Crippen LogP contribution in [-0.2, 0) is 13.5 Å². The molecule has 0 aliphatic rings. The molecule has 0 saturated heterocycles. The number of fused-ring (bicyclic) bond motifs is 1. The van der Waals surface area contributed by atoms with Gasteiger partial charge < -0.3 is 9.67 Å². The molecule has 1 aromatic carbocycles. The van der Waals surface area contributed by atoms with Crippen LogP contribution in [0.1, 0.15) is 17.5 Å². The highest BCUT2D eigenvalue weighted by Crippen LogP contribution is 2.31. The second-order valence-corrected chi connectivity index (χ2v) is 5.27. The summed E-state index contributed by atoms with van der Waals surface area (Å²) in [7, 11) is 1.95. The summed E-state index contributed by atoms with van der Waals surface area (Å²) in [5.41, 5.74) is 0.999. The number of imidazole rings is 1. The molecule has 3 nitrogen and oxygen atoms in total. The number of aromatic nitrogens is 2. The zero-order chi connectivity index (χ0) is 12.5. The fourth-order valence-corrected chi connectivity index (χ4v) is 3.14. The van der Waals surface area contributed by atoms with Crippen LogP contribution in [0.15, 0.2) is 42.0 Å². The molecule has 3 aromatic rings. The molecular formula is C14H14N2OS. The second kappa shape index (κ2) is 4.55. The predicted molar refractivity (Wildman–Crippen MR) is 73.7 cm³/mol. The molecule has 1 atom stereocenters. The molecular weight excluding hydrogens is 244 g/mol. The van der Waals surface area contributed by atoms with E-state index in [0.29, 0.717) is 6.42 Å². The van der Waals surface area contributed by atoms with Crippen molar-refractivity contribution in [3.8, 4) is 0 Å². The van der Waals surface area contributed by atoms with E-state index >= 15 is 0 Å². The molecule has 92 valence electrons. The van der Waals surface area contributed by atoms with Crippen molar-refractivity contribution in [3.63, 3.8) is 0 Å². The normalized spacial score (nSPS) is 13.0. The number of aliphatic hydroxyl groups excluding tert-OH is 1. The van der Waals surface area contributed by atoms with E-state index in [0.717, 1.165) is 16.8 Å². The van der Waals surface area contributed by atoms with Crippen LogP contribution < -0.4 is 0 Å². The summed E-state index contributed by atoms with van der Waals surface area (Å²) in [6, 6.07) is 8.17. The molecule has 18 heavy (non-hydrogen) atoms. The van der Waals surface area contributed by atoms with Gasteiger partial charge in [0.05, 0.1) is 6.10 Å². The maximum Gasteiger partial charge on any atom is 0.111 e. The standard InChI is InChI=1S/C14H14N2OS/c1-16-7-6-15-14(16)8-12(17)11-9-18-13-5-3-2-4-10(11)13/h2-7,9,12,17H,8H2,1H3. The highest BCUT2D eigenvalue weighted by atomic mass is 32.1. The van der Waals surface area contributed by atoms with Crippen molar-refractivity contribution in [3.05, 3.63) is 53.4 Å². The number of hydrogen-bond acceptors (Lipinski definition) is 3. The van der Waals surface area contributed by atoms with Gasteiger partial charge in [0.15, 0.2) is 0 Å². The van der Waals surface area contributed by atoms with Crippen LogP contribution in [-0.4, -0.2) is 14.7 Å². The Morgan fingerprint density at radius 3 is 3.00 bits per heavy atom. The van der Waals surface area contributed by atoms with Gasteiger partial charge in [-0.2, -0.15) is 0 Å². The summed E-state index contributed by atoms with van der Waals surface area (Å²) in [6.07, 6.45) is 3.70. The smallest absolute Gasteiger partial charge is 0.111 e. The van der Waals surface area contributed by atoms with Gasteiger partial charge in [-0.15, -0.1) is 11.3 Å². The van der Waals surface area contributed by atoms with Crippen molar-refractivity contribution in [1.29, 1.82) is 0 Å². The van der Waals surface area contributed by atoms with E-state index in [2.05, 4.69) is 17.1 Å². The van der Waals surface area contributed by atoms with E-state index in [1.807, 2.05) is 35.3 Å². The van der Waals surface area contributed by atoms with E-state index < -0.39 is 6.10 Å². The average molecular weight is 258 g/mol. The lowest BCUT2D eigenvalue weighted by Crippen LogP contribution is -2.06. The Balaban J connectivity index is 1.93. The summed E-state index contributed by atoms with van der Waals surface area (Å²) in [6.45, 7) is 0. The molecule has 4 heteroatoms. The number of hydrogen-bond donors (Lipinski definition) is 1. The van der Waals surface area contributed by atoms with Crippen LogP contribution in [0, 0.1) is 0 Å². The molecule has 0 spiro atoms. The largest absolute Gasteiger partial charge is 0.388 e. The van der Waals surface area contributed by atoms with Crippen molar-refractivity contribution in [1.82, 2.24) is 9.55 Å². The van der Waals surface area contributed by atoms with Crippen molar-refractivity contribution in [2.45, 2.75) is 12.5 Å². The van der Waals surface area contributed by atoms with Gasteiger partial charge in [0.1, 0.15) is 5.82 Å². The Hall–Kier alpha value is -1.65. The average Bonchev–Trinajstić information content (AvgIpc) is 2.96. The van der Waals surface area contributed by atoms with Gasteiger partial charge in [0.2, 0.25) is 0 Å². The van der Waals surface area contributed by atoms with E-state index in [1.165, 1.54) is 4.70 Å². The van der Waals surface area contributed by atoms with Gasteiger partial charge in [-0.3, -0.25) is 0 Å². The van der Waals surface area contributed by atoms with Gasteiger partial charge in [-0.25, -0.2) is 4.98 Å². The van der Waals surface area contributed by atoms with Crippen molar-refractivity contribution >= 4 is 21.4 Å². The van der Waals surface area contributed by atoms with Crippen LogP contribution in [0.3, 0.4) is 0 Å². The first-order valence-corrected chi connectivity index (χ1v) is 6.74. The van der Waals surface area contributed by atoms with Gasteiger partial charge in [-0.05, 0) is 22.4 Å². The number of nitrogens with zero attached hydrogens (tertiary/aromatic N) is 2. The van der Waals surface area contributed by atoms with Crippen LogP contribution >= 0.6 is 11.3 Å². The lowest BCUT2D eigenvalue weighted by atomic mass is 10.1. The molecule has 1 N–H and O–H groups in total. The van der Waals surface area contributed by atoms with Crippen molar-refractivity contribution < 1.29 is 5.11 Å². The highest BCUT2D eigenvalue weighted by Gasteiger charge is 2.15. The lowest BCUT2D eigenvalue weighted by Gasteiger charge is -2.09. The molecule has 0 saturated carbocycles. The van der Waals surface area contributed by atoms with Gasteiger partial charge in [0.25, 0.3) is 0 Å². The maximum absolute atomic E-state index is 10.4. The SMILES string of the molecule is Cn1ccnc1CC(O)c1csc2ccccc12. The Kier molecular flexibility index (Phi) is 2.89. The number of benzene rings is 1. The summed E-state index contributed by atoms with van der Waals surface area (Å²) in [4.78, 5) is 4.25. The zero-order valence-electron chi connectivity index (χ0n) is 10.1. The van der Waals surface area contributed by atoms with E-state index in [-0.39, 0.29) is 0 Å². The van der Waals surface area contributed by atoms with E-state index in [4.69, 9.17) is 0 Å². The van der Waals surface area contributed by atoms with Crippen LogP contribution in [0.5, 0.6) is 0 Å². The van der Waals surface area contributed by atoms with Crippen LogP contribution in [0.25, 0.3) is 10.1 Å². The molecule has 2 aromatic heterocycles. The Labute approximate surface area is 109 Å². The molecule has 0 radical (unpaired) electrons. The maximum atomic E-state index is 10.4. The number of rotatable bonds is 3. The molecule has 0 amide bonds. The van der Waals surface area contributed by atoms with Crippen molar-refractivity contribution in [2.24, 2.45) is 7.05 Å². The third-order valence-corrected chi connectivity index (χ3v) is 4.15. The molecule has 1 unspecified atom stereocenters. The molecule has 3 rings (SSSR count). The molecule has 0 bridgehead atoms. The first-order chi connectivity index (χ1) is 8.75. The molecule has 0 aliphatic heterocycles. The minimum atomic E-state index is -0.498. The summed E-state index contributed by atoms with van der Waals surface area (Å²) >= 11 is 1.67. The Morgan fingerprint density at radius 2 is 2.22 bits per heavy atom. The monoisotopic (exact) mass is 258 g/mol. The number of thiophene rings is 1. The Bertz CT molecular complexity index is 671. The first-order valence-electron chi connectivity index (χ1n) is 5.86. The fraction of sp³-hybridized carbons (Fsp3) is 0.214. The number of aliphatic hydroxyl groups is 1. The van der Waals surface area contributed by atoms with Crippen LogP contribution in [0.4, 0.5) is 0 Å². The van der Waals surface area contributed by atoms with Gasteiger partial charge in [-0.1, -0.05) is 18.2 Å². The third-order valence-electron chi connectivity index (χ3n) is 3.17. The van der Waals surface area contributed by atoms with Gasteiger partial charge >= 0.3 is 0 Å². The minimum absolute atomic E-state index is 0.498. The molecule has 0 fully saturated rings.